The zero-order chi connectivity index (χ0) is 11.5. The third-order valence-corrected chi connectivity index (χ3v) is 1.78. The molecule has 8 heteroatoms. The second-order valence-electron chi connectivity index (χ2n) is 3.03. The minimum Gasteiger partial charge on any atom is -0.467 e. The lowest BCUT2D eigenvalue weighted by Crippen LogP contribution is -2.04. The average Bonchev–Trinajstić information content (AvgIpc) is 2.63. The fourth-order valence-electron chi connectivity index (χ4n) is 1.13. The Labute approximate surface area is 91.5 Å². The van der Waals surface area contributed by atoms with Gasteiger partial charge in [0.25, 0.3) is 0 Å². The fraction of sp³-hybridized carbons (Fsp3) is 0.250. The van der Waals surface area contributed by atoms with Crippen molar-refractivity contribution >= 4 is 17.6 Å². The molecule has 8 nitrogen and oxygen atoms in total. The molecule has 0 aliphatic carbocycles. The monoisotopic (exact) mass is 221 g/mol. The summed E-state index contributed by atoms with van der Waals surface area (Å²) < 4.78 is 6.53. The van der Waals surface area contributed by atoms with Crippen molar-refractivity contribution in [3.63, 3.8) is 0 Å². The van der Waals surface area contributed by atoms with E-state index < -0.39 is 0 Å². The molecular weight excluding hydrogens is 210 g/mol. The molecule has 0 saturated heterocycles. The minimum absolute atomic E-state index is 0.0956. The second-order valence-corrected chi connectivity index (χ2v) is 3.03. The lowest BCUT2D eigenvalue weighted by molar-refractivity contribution is 0.380. The highest BCUT2D eigenvalue weighted by molar-refractivity contribution is 5.51. The Morgan fingerprint density at radius 2 is 2.19 bits per heavy atom. The van der Waals surface area contributed by atoms with Crippen molar-refractivity contribution in [3.8, 4) is 6.01 Å². The molecule has 0 unspecified atom stereocenters. The van der Waals surface area contributed by atoms with Crippen LogP contribution in [0.3, 0.4) is 0 Å². The molecule has 2 aromatic heterocycles. The van der Waals surface area contributed by atoms with Gasteiger partial charge in [0.1, 0.15) is 0 Å². The van der Waals surface area contributed by atoms with Crippen molar-refractivity contribution in [2.75, 3.05) is 18.2 Å². The number of aryl methyl sites for hydroxylation is 1. The molecule has 84 valence electrons. The van der Waals surface area contributed by atoms with Crippen LogP contribution in [-0.4, -0.2) is 31.8 Å². The SMILES string of the molecule is COc1nc(N)nc(Nc2cnn(C)c2)n1. The standard InChI is InChI=1S/C8H11N7O/c1-15-4-5(3-10-15)11-7-12-6(9)13-8(14-7)16-2/h3-4H,1-2H3,(H3,9,11,12,13,14). The van der Waals surface area contributed by atoms with Crippen LogP contribution in [0.4, 0.5) is 17.6 Å². The number of aromatic nitrogens is 5. The third kappa shape index (κ3) is 2.16. The van der Waals surface area contributed by atoms with Crippen LogP contribution in [0.25, 0.3) is 0 Å². The summed E-state index contributed by atoms with van der Waals surface area (Å²) in [6.45, 7) is 0. The van der Waals surface area contributed by atoms with Crippen LogP contribution in [0.2, 0.25) is 0 Å². The van der Waals surface area contributed by atoms with Crippen LogP contribution in [0, 0.1) is 0 Å². The molecule has 2 aromatic rings. The van der Waals surface area contributed by atoms with E-state index >= 15 is 0 Å². The van der Waals surface area contributed by atoms with Crippen molar-refractivity contribution in [1.82, 2.24) is 24.7 Å². The average molecular weight is 221 g/mol. The zero-order valence-electron chi connectivity index (χ0n) is 8.88. The number of methoxy groups -OCH3 is 1. The van der Waals surface area contributed by atoms with Gasteiger partial charge >= 0.3 is 6.01 Å². The molecule has 0 atom stereocenters. The van der Waals surface area contributed by atoms with Crippen LogP contribution in [0.15, 0.2) is 12.4 Å². The summed E-state index contributed by atoms with van der Waals surface area (Å²) in [5, 5.41) is 6.93. The van der Waals surface area contributed by atoms with E-state index in [9.17, 15) is 0 Å². The fourth-order valence-corrected chi connectivity index (χ4v) is 1.13. The first-order valence-electron chi connectivity index (χ1n) is 4.48. The molecule has 3 N–H and O–H groups in total. The summed E-state index contributed by atoms with van der Waals surface area (Å²) in [5.74, 6) is 0.413. The largest absolute Gasteiger partial charge is 0.467 e. The van der Waals surface area contributed by atoms with Crippen LogP contribution in [0.5, 0.6) is 6.01 Å². The van der Waals surface area contributed by atoms with Gasteiger partial charge in [0.05, 0.1) is 19.0 Å². The maximum atomic E-state index is 5.49. The molecule has 2 rings (SSSR count). The Hall–Kier alpha value is -2.38. The van der Waals surface area contributed by atoms with Crippen molar-refractivity contribution in [2.24, 2.45) is 7.05 Å². The van der Waals surface area contributed by atoms with Gasteiger partial charge in [-0.3, -0.25) is 4.68 Å². The third-order valence-electron chi connectivity index (χ3n) is 1.78. The number of nitrogens with zero attached hydrogens (tertiary/aromatic N) is 5. The number of hydrogen-bond acceptors (Lipinski definition) is 7. The first-order chi connectivity index (χ1) is 7.67. The van der Waals surface area contributed by atoms with Crippen molar-refractivity contribution < 1.29 is 4.74 Å². The van der Waals surface area contributed by atoms with Crippen LogP contribution >= 0.6 is 0 Å². The van der Waals surface area contributed by atoms with Crippen LogP contribution in [0.1, 0.15) is 0 Å². The van der Waals surface area contributed by atoms with Gasteiger partial charge in [0.15, 0.2) is 0 Å². The number of nitrogens with one attached hydrogen (secondary N) is 1. The van der Waals surface area contributed by atoms with E-state index in [0.29, 0.717) is 5.95 Å². The lowest BCUT2D eigenvalue weighted by Gasteiger charge is -2.03. The van der Waals surface area contributed by atoms with Gasteiger partial charge < -0.3 is 15.8 Å². The summed E-state index contributed by atoms with van der Waals surface area (Å²) in [7, 11) is 3.27. The van der Waals surface area contributed by atoms with E-state index in [1.807, 2.05) is 7.05 Å². The van der Waals surface area contributed by atoms with Crippen molar-refractivity contribution in [2.45, 2.75) is 0 Å². The molecule has 2 heterocycles. The maximum absolute atomic E-state index is 5.49. The van der Waals surface area contributed by atoms with E-state index in [-0.39, 0.29) is 12.0 Å². The minimum atomic E-state index is 0.0956. The van der Waals surface area contributed by atoms with Gasteiger partial charge in [0, 0.05) is 13.2 Å². The van der Waals surface area contributed by atoms with Crippen LogP contribution in [-0.2, 0) is 7.05 Å². The summed E-state index contributed by atoms with van der Waals surface area (Å²) in [5.41, 5.74) is 6.25. The van der Waals surface area contributed by atoms with Gasteiger partial charge in [-0.25, -0.2) is 0 Å². The topological polar surface area (TPSA) is 104 Å². The molecular formula is C8H11N7O. The highest BCUT2D eigenvalue weighted by atomic mass is 16.5. The van der Waals surface area contributed by atoms with Gasteiger partial charge in [-0.05, 0) is 0 Å². The highest BCUT2D eigenvalue weighted by Gasteiger charge is 2.05. The number of nitrogen functional groups attached to an aromatic ring is 1. The highest BCUT2D eigenvalue weighted by Crippen LogP contribution is 2.13. The molecule has 0 amide bonds. The van der Waals surface area contributed by atoms with E-state index in [2.05, 4.69) is 25.4 Å². The summed E-state index contributed by atoms with van der Waals surface area (Å²) in [4.78, 5) is 11.7. The van der Waals surface area contributed by atoms with Crippen molar-refractivity contribution in [3.05, 3.63) is 12.4 Å². The molecule has 0 aliphatic heterocycles. The predicted octanol–water partition coefficient (Wildman–Crippen LogP) is -0.0605. The van der Waals surface area contributed by atoms with Gasteiger partial charge in [-0.15, -0.1) is 0 Å². The Morgan fingerprint density at radius 1 is 1.38 bits per heavy atom. The van der Waals surface area contributed by atoms with Gasteiger partial charge in [0.2, 0.25) is 11.9 Å². The molecule has 0 bridgehead atoms. The molecule has 0 spiro atoms. The molecule has 0 aromatic carbocycles. The first kappa shape index (κ1) is 10.1. The van der Waals surface area contributed by atoms with E-state index in [1.165, 1.54) is 7.11 Å². The molecule has 16 heavy (non-hydrogen) atoms. The van der Waals surface area contributed by atoms with Gasteiger partial charge in [-0.2, -0.15) is 20.1 Å². The summed E-state index contributed by atoms with van der Waals surface area (Å²) >= 11 is 0. The summed E-state index contributed by atoms with van der Waals surface area (Å²) in [6.07, 6.45) is 3.43. The first-order valence-corrected chi connectivity index (χ1v) is 4.48. The Morgan fingerprint density at radius 3 is 2.81 bits per heavy atom. The second kappa shape index (κ2) is 4.01. The smallest absolute Gasteiger partial charge is 0.322 e. The number of rotatable bonds is 3. The summed E-state index contributed by atoms with van der Waals surface area (Å²) in [6, 6.07) is 0.166. The molecule has 0 saturated carbocycles. The predicted molar refractivity (Wildman–Crippen MR) is 57.3 cm³/mol. The molecule has 0 radical (unpaired) electrons. The Balaban J connectivity index is 2.24. The number of hydrogen-bond donors (Lipinski definition) is 2. The zero-order valence-corrected chi connectivity index (χ0v) is 8.88. The van der Waals surface area contributed by atoms with Gasteiger partial charge in [-0.1, -0.05) is 0 Å². The molecule has 0 fully saturated rings. The normalized spacial score (nSPS) is 10.1. The van der Waals surface area contributed by atoms with Crippen LogP contribution < -0.4 is 15.8 Å². The van der Waals surface area contributed by atoms with E-state index in [1.54, 1.807) is 17.1 Å². The van der Waals surface area contributed by atoms with Crippen molar-refractivity contribution in [1.29, 1.82) is 0 Å². The quantitative estimate of drug-likeness (QED) is 0.748. The Kier molecular flexibility index (Phi) is 2.54. The number of anilines is 3. The molecule has 0 aliphatic rings. The lowest BCUT2D eigenvalue weighted by atomic mass is 10.6. The van der Waals surface area contributed by atoms with E-state index in [0.717, 1.165) is 5.69 Å². The number of nitrogens with two attached hydrogens (primary N) is 1. The number of ether oxygens (including phenoxy) is 1. The van der Waals surface area contributed by atoms with E-state index in [4.69, 9.17) is 10.5 Å². The maximum Gasteiger partial charge on any atom is 0.322 e. The Bertz CT molecular complexity index is 495.